The first-order valence-electron chi connectivity index (χ1n) is 9.05. The number of amides is 1. The lowest BCUT2D eigenvalue weighted by Gasteiger charge is -2.14. The second kappa shape index (κ2) is 8.02. The minimum absolute atomic E-state index is 0.0872. The van der Waals surface area contributed by atoms with Crippen molar-refractivity contribution in [2.75, 3.05) is 0 Å². The molecule has 2 N–H and O–H groups in total. The van der Waals surface area contributed by atoms with Gasteiger partial charge in [0.25, 0.3) is 11.5 Å². The number of rotatable bonds is 5. The Bertz CT molecular complexity index is 1070. The maximum absolute atomic E-state index is 12.6. The van der Waals surface area contributed by atoms with Gasteiger partial charge in [-0.2, -0.15) is 5.10 Å². The fourth-order valence-electron chi connectivity index (χ4n) is 3.22. The first-order chi connectivity index (χ1) is 13.3. The van der Waals surface area contributed by atoms with Gasteiger partial charge in [0.1, 0.15) is 5.56 Å². The highest BCUT2D eigenvalue weighted by atomic mass is 35.5. The van der Waals surface area contributed by atoms with Crippen LogP contribution in [0.25, 0.3) is 11.3 Å². The average Bonchev–Trinajstić information content (AvgIpc) is 2.88. The Kier molecular flexibility index (Phi) is 5.70. The molecule has 1 atom stereocenters. The molecule has 0 spiro atoms. The van der Waals surface area contributed by atoms with E-state index in [1.807, 2.05) is 44.6 Å². The predicted octanol–water partition coefficient (Wildman–Crippen LogP) is 3.41. The minimum atomic E-state index is -0.425. The van der Waals surface area contributed by atoms with Gasteiger partial charge < -0.3 is 10.3 Å². The van der Waals surface area contributed by atoms with Gasteiger partial charge in [0.15, 0.2) is 0 Å². The summed E-state index contributed by atoms with van der Waals surface area (Å²) in [5, 5.41) is 7.92. The maximum Gasteiger partial charge on any atom is 0.261 e. The molecular weight excluding hydrogens is 376 g/mol. The van der Waals surface area contributed by atoms with Crippen molar-refractivity contribution in [1.29, 1.82) is 0 Å². The van der Waals surface area contributed by atoms with Crippen LogP contribution in [-0.2, 0) is 13.5 Å². The van der Waals surface area contributed by atoms with Crippen molar-refractivity contribution < 1.29 is 4.79 Å². The molecule has 1 aromatic carbocycles. The molecule has 0 aliphatic carbocycles. The van der Waals surface area contributed by atoms with Gasteiger partial charge >= 0.3 is 0 Å². The second-order valence-electron chi connectivity index (χ2n) is 6.97. The summed E-state index contributed by atoms with van der Waals surface area (Å²) >= 11 is 5.89. The molecular formula is C21H23ClN4O2. The van der Waals surface area contributed by atoms with E-state index in [4.69, 9.17) is 11.6 Å². The summed E-state index contributed by atoms with van der Waals surface area (Å²) in [6.45, 7) is 5.88. The van der Waals surface area contributed by atoms with Gasteiger partial charge in [0, 0.05) is 29.5 Å². The summed E-state index contributed by atoms with van der Waals surface area (Å²) < 4.78 is 1.83. The van der Waals surface area contributed by atoms with Crippen molar-refractivity contribution in [2.24, 2.45) is 7.05 Å². The zero-order chi connectivity index (χ0) is 20.4. The summed E-state index contributed by atoms with van der Waals surface area (Å²) in [5.74, 6) is -0.393. The first kappa shape index (κ1) is 19.9. The Morgan fingerprint density at radius 3 is 2.46 bits per heavy atom. The van der Waals surface area contributed by atoms with Crippen LogP contribution in [0, 0.1) is 13.8 Å². The number of nitrogens with one attached hydrogen (secondary N) is 2. The van der Waals surface area contributed by atoms with Crippen molar-refractivity contribution in [2.45, 2.75) is 33.2 Å². The SMILES string of the molecule is Cc1nn(C)c(C)c1C[C@H](C)NC(=O)c1ccc(-c2ccc(Cl)cc2)[nH]c1=O. The van der Waals surface area contributed by atoms with Gasteiger partial charge in [-0.1, -0.05) is 23.7 Å². The Morgan fingerprint density at radius 2 is 1.89 bits per heavy atom. The third-order valence-corrected chi connectivity index (χ3v) is 5.11. The number of pyridine rings is 1. The topological polar surface area (TPSA) is 79.8 Å². The molecule has 3 aromatic rings. The number of halogens is 1. The molecule has 0 saturated carbocycles. The number of benzene rings is 1. The molecule has 0 radical (unpaired) electrons. The van der Waals surface area contributed by atoms with Crippen LogP contribution in [0.4, 0.5) is 0 Å². The summed E-state index contributed by atoms with van der Waals surface area (Å²) in [6, 6.07) is 10.3. The Hall–Kier alpha value is -2.86. The fourth-order valence-corrected chi connectivity index (χ4v) is 3.35. The smallest absolute Gasteiger partial charge is 0.261 e. The molecule has 146 valence electrons. The van der Waals surface area contributed by atoms with E-state index in [-0.39, 0.29) is 11.6 Å². The number of aryl methyl sites for hydroxylation is 2. The van der Waals surface area contributed by atoms with Crippen molar-refractivity contribution in [3.8, 4) is 11.3 Å². The lowest BCUT2D eigenvalue weighted by Crippen LogP contribution is -2.37. The number of nitrogens with zero attached hydrogens (tertiary/aromatic N) is 2. The molecule has 2 aromatic heterocycles. The van der Waals surface area contributed by atoms with Crippen molar-refractivity contribution in [1.82, 2.24) is 20.1 Å². The first-order valence-corrected chi connectivity index (χ1v) is 9.43. The summed E-state index contributed by atoms with van der Waals surface area (Å²) in [5.41, 5.74) is 4.25. The Labute approximate surface area is 168 Å². The quantitative estimate of drug-likeness (QED) is 0.691. The summed E-state index contributed by atoms with van der Waals surface area (Å²) in [6.07, 6.45) is 0.651. The maximum atomic E-state index is 12.6. The van der Waals surface area contributed by atoms with Gasteiger partial charge in [-0.3, -0.25) is 14.3 Å². The van der Waals surface area contributed by atoms with Crippen molar-refractivity contribution in [3.05, 3.63) is 74.3 Å². The number of carbonyl (C=O) groups is 1. The molecule has 0 bridgehead atoms. The number of hydrogen-bond donors (Lipinski definition) is 2. The van der Waals surface area contributed by atoms with Crippen LogP contribution in [0.1, 0.15) is 34.2 Å². The van der Waals surface area contributed by atoms with Crippen LogP contribution < -0.4 is 10.9 Å². The lowest BCUT2D eigenvalue weighted by atomic mass is 10.0. The largest absolute Gasteiger partial charge is 0.349 e. The van der Waals surface area contributed by atoms with E-state index < -0.39 is 11.5 Å². The zero-order valence-electron chi connectivity index (χ0n) is 16.3. The fraction of sp³-hybridized carbons (Fsp3) is 0.286. The standard InChI is InChI=1S/C21H23ClN4O2/c1-12(11-18-13(2)25-26(4)14(18)3)23-20(27)17-9-10-19(24-21(17)28)15-5-7-16(22)8-6-15/h5-10,12H,11H2,1-4H3,(H,23,27)(H,24,28)/t12-/m0/s1. The molecule has 0 saturated heterocycles. The number of aromatic nitrogens is 3. The van der Waals surface area contributed by atoms with Gasteiger partial charge in [0.2, 0.25) is 0 Å². The van der Waals surface area contributed by atoms with E-state index in [0.29, 0.717) is 17.1 Å². The minimum Gasteiger partial charge on any atom is -0.349 e. The molecule has 2 heterocycles. The van der Waals surface area contributed by atoms with Crippen LogP contribution in [0.2, 0.25) is 5.02 Å². The van der Waals surface area contributed by atoms with Crippen LogP contribution in [-0.4, -0.2) is 26.7 Å². The van der Waals surface area contributed by atoms with Gasteiger partial charge in [-0.05, 0) is 62.6 Å². The summed E-state index contributed by atoms with van der Waals surface area (Å²) in [4.78, 5) is 27.7. The van der Waals surface area contributed by atoms with E-state index in [9.17, 15) is 9.59 Å². The monoisotopic (exact) mass is 398 g/mol. The van der Waals surface area contributed by atoms with Gasteiger partial charge in [-0.25, -0.2) is 0 Å². The number of aromatic amines is 1. The van der Waals surface area contributed by atoms with Crippen LogP contribution in [0.3, 0.4) is 0 Å². The molecule has 0 aliphatic heterocycles. The summed E-state index contributed by atoms with van der Waals surface area (Å²) in [7, 11) is 1.90. The molecule has 7 heteroatoms. The Balaban J connectivity index is 1.73. The average molecular weight is 399 g/mol. The normalized spacial score (nSPS) is 12.0. The molecule has 28 heavy (non-hydrogen) atoms. The number of hydrogen-bond acceptors (Lipinski definition) is 3. The van der Waals surface area contributed by atoms with Crippen LogP contribution in [0.15, 0.2) is 41.2 Å². The molecule has 0 unspecified atom stereocenters. The van der Waals surface area contributed by atoms with E-state index in [0.717, 1.165) is 22.5 Å². The third kappa shape index (κ3) is 4.17. The van der Waals surface area contributed by atoms with Crippen LogP contribution >= 0.6 is 11.6 Å². The molecule has 0 fully saturated rings. The molecule has 0 aliphatic rings. The van der Waals surface area contributed by atoms with Crippen molar-refractivity contribution >= 4 is 17.5 Å². The molecule has 6 nitrogen and oxygen atoms in total. The third-order valence-electron chi connectivity index (χ3n) is 4.86. The van der Waals surface area contributed by atoms with Crippen LogP contribution in [0.5, 0.6) is 0 Å². The van der Waals surface area contributed by atoms with E-state index in [2.05, 4.69) is 15.4 Å². The van der Waals surface area contributed by atoms with Crippen molar-refractivity contribution in [3.63, 3.8) is 0 Å². The highest BCUT2D eigenvalue weighted by molar-refractivity contribution is 6.30. The molecule has 1 amide bonds. The Morgan fingerprint density at radius 1 is 1.21 bits per heavy atom. The zero-order valence-corrected chi connectivity index (χ0v) is 17.1. The highest BCUT2D eigenvalue weighted by Crippen LogP contribution is 2.19. The van der Waals surface area contributed by atoms with Gasteiger partial charge in [-0.15, -0.1) is 0 Å². The lowest BCUT2D eigenvalue weighted by molar-refractivity contribution is 0.0938. The molecule has 3 rings (SSSR count). The van der Waals surface area contributed by atoms with E-state index in [1.165, 1.54) is 0 Å². The number of H-pyrrole nitrogens is 1. The van der Waals surface area contributed by atoms with E-state index in [1.54, 1.807) is 24.3 Å². The second-order valence-corrected chi connectivity index (χ2v) is 7.41. The highest BCUT2D eigenvalue weighted by Gasteiger charge is 2.17. The predicted molar refractivity (Wildman–Crippen MR) is 111 cm³/mol. The van der Waals surface area contributed by atoms with E-state index >= 15 is 0 Å². The van der Waals surface area contributed by atoms with Gasteiger partial charge in [0.05, 0.1) is 5.69 Å². The number of carbonyl (C=O) groups excluding carboxylic acids is 1.